The minimum atomic E-state index is 0.492. The normalized spacial score (nSPS) is 10.2. The minimum absolute atomic E-state index is 0.492. The van der Waals surface area contributed by atoms with Gasteiger partial charge in [0, 0.05) is 5.56 Å². The summed E-state index contributed by atoms with van der Waals surface area (Å²) in [5.74, 6) is 1.69. The van der Waals surface area contributed by atoms with Crippen molar-refractivity contribution < 1.29 is 9.47 Å². The first-order valence-electron chi connectivity index (χ1n) is 5.71. The van der Waals surface area contributed by atoms with E-state index in [0.717, 1.165) is 21.5 Å². The fourth-order valence-electron chi connectivity index (χ4n) is 1.70. The first-order chi connectivity index (χ1) is 8.70. The molecule has 18 heavy (non-hydrogen) atoms. The number of hydrogen-bond donors (Lipinski definition) is 0. The van der Waals surface area contributed by atoms with Crippen LogP contribution in [0, 0.1) is 6.92 Å². The molecule has 3 heteroatoms. The van der Waals surface area contributed by atoms with Gasteiger partial charge in [-0.1, -0.05) is 24.3 Å². The lowest BCUT2D eigenvalue weighted by atomic mass is 10.2. The molecule has 0 aliphatic carbocycles. The van der Waals surface area contributed by atoms with Crippen LogP contribution in [0.15, 0.2) is 46.9 Å². The van der Waals surface area contributed by atoms with Crippen LogP contribution in [-0.2, 0) is 6.61 Å². The first kappa shape index (κ1) is 13.0. The highest BCUT2D eigenvalue weighted by Gasteiger charge is 2.05. The van der Waals surface area contributed by atoms with Gasteiger partial charge in [0.25, 0.3) is 0 Å². The van der Waals surface area contributed by atoms with E-state index in [0.29, 0.717) is 6.61 Å². The molecule has 0 radical (unpaired) electrons. The van der Waals surface area contributed by atoms with Gasteiger partial charge in [0.15, 0.2) is 0 Å². The van der Waals surface area contributed by atoms with Gasteiger partial charge in [-0.15, -0.1) is 0 Å². The molecule has 0 aliphatic rings. The lowest BCUT2D eigenvalue weighted by molar-refractivity contribution is 0.295. The van der Waals surface area contributed by atoms with E-state index >= 15 is 0 Å². The number of para-hydroxylation sites is 1. The van der Waals surface area contributed by atoms with Crippen molar-refractivity contribution in [3.63, 3.8) is 0 Å². The second kappa shape index (κ2) is 5.91. The Hall–Kier alpha value is -1.48. The van der Waals surface area contributed by atoms with Gasteiger partial charge < -0.3 is 9.47 Å². The molecule has 2 rings (SSSR count). The van der Waals surface area contributed by atoms with E-state index in [2.05, 4.69) is 22.9 Å². The third-order valence-electron chi connectivity index (χ3n) is 2.66. The van der Waals surface area contributed by atoms with E-state index in [-0.39, 0.29) is 0 Å². The van der Waals surface area contributed by atoms with Gasteiger partial charge in [-0.2, -0.15) is 0 Å². The topological polar surface area (TPSA) is 18.5 Å². The maximum Gasteiger partial charge on any atom is 0.134 e. The summed E-state index contributed by atoms with van der Waals surface area (Å²) in [7, 11) is 1.67. The predicted octanol–water partition coefficient (Wildman–Crippen LogP) is 4.35. The summed E-state index contributed by atoms with van der Waals surface area (Å²) in [6.07, 6.45) is 0. The standard InChI is InChI=1S/C15H15BrO2/c1-11-7-8-15(13(16)9-11)18-10-12-5-3-4-6-14(12)17-2/h3-9H,10H2,1-2H3. The smallest absolute Gasteiger partial charge is 0.134 e. The van der Waals surface area contributed by atoms with Crippen molar-refractivity contribution in [3.05, 3.63) is 58.1 Å². The fraction of sp³-hybridized carbons (Fsp3) is 0.200. The Bertz CT molecular complexity index is 538. The Morgan fingerprint density at radius 2 is 1.83 bits per heavy atom. The van der Waals surface area contributed by atoms with E-state index in [9.17, 15) is 0 Å². The average Bonchev–Trinajstić information content (AvgIpc) is 2.38. The van der Waals surface area contributed by atoms with Crippen molar-refractivity contribution in [1.29, 1.82) is 0 Å². The lowest BCUT2D eigenvalue weighted by Gasteiger charge is -2.11. The van der Waals surface area contributed by atoms with Crippen LogP contribution in [0.3, 0.4) is 0 Å². The molecule has 2 aromatic rings. The van der Waals surface area contributed by atoms with Crippen LogP contribution in [0.4, 0.5) is 0 Å². The average molecular weight is 307 g/mol. The van der Waals surface area contributed by atoms with Crippen LogP contribution in [-0.4, -0.2) is 7.11 Å². The van der Waals surface area contributed by atoms with Crippen molar-refractivity contribution in [3.8, 4) is 11.5 Å². The summed E-state index contributed by atoms with van der Waals surface area (Å²) in [6, 6.07) is 13.9. The maximum atomic E-state index is 5.79. The van der Waals surface area contributed by atoms with Crippen molar-refractivity contribution in [2.24, 2.45) is 0 Å². The molecule has 0 unspecified atom stereocenters. The molecule has 2 aromatic carbocycles. The minimum Gasteiger partial charge on any atom is -0.496 e. The van der Waals surface area contributed by atoms with Gasteiger partial charge in [0.05, 0.1) is 11.6 Å². The Morgan fingerprint density at radius 1 is 1.06 bits per heavy atom. The van der Waals surface area contributed by atoms with Crippen molar-refractivity contribution >= 4 is 15.9 Å². The second-order valence-corrected chi connectivity index (χ2v) is 4.89. The summed E-state index contributed by atoms with van der Waals surface area (Å²) >= 11 is 3.50. The van der Waals surface area contributed by atoms with Gasteiger partial charge in [-0.3, -0.25) is 0 Å². The Balaban J connectivity index is 2.11. The molecule has 94 valence electrons. The summed E-state index contributed by atoms with van der Waals surface area (Å²) in [6.45, 7) is 2.54. The summed E-state index contributed by atoms with van der Waals surface area (Å²) in [5.41, 5.74) is 2.24. The highest BCUT2D eigenvalue weighted by atomic mass is 79.9. The molecule has 0 saturated heterocycles. The molecule has 0 amide bonds. The van der Waals surface area contributed by atoms with Gasteiger partial charge in [0.1, 0.15) is 18.1 Å². The van der Waals surface area contributed by atoms with Crippen molar-refractivity contribution in [2.75, 3.05) is 7.11 Å². The molecule has 0 heterocycles. The van der Waals surface area contributed by atoms with Crippen LogP contribution in [0.5, 0.6) is 11.5 Å². The number of hydrogen-bond acceptors (Lipinski definition) is 2. The highest BCUT2D eigenvalue weighted by Crippen LogP contribution is 2.27. The Labute approximate surface area is 116 Å². The largest absolute Gasteiger partial charge is 0.496 e. The molecule has 0 saturated carbocycles. The zero-order valence-corrected chi connectivity index (χ0v) is 12.0. The Kier molecular flexibility index (Phi) is 4.26. The number of rotatable bonds is 4. The molecule has 0 fully saturated rings. The third-order valence-corrected chi connectivity index (χ3v) is 3.28. The summed E-state index contributed by atoms with van der Waals surface area (Å²) < 4.78 is 12.1. The van der Waals surface area contributed by atoms with E-state index in [1.54, 1.807) is 7.11 Å². The zero-order chi connectivity index (χ0) is 13.0. The monoisotopic (exact) mass is 306 g/mol. The van der Waals surface area contributed by atoms with Gasteiger partial charge in [-0.25, -0.2) is 0 Å². The number of aryl methyl sites for hydroxylation is 1. The maximum absolute atomic E-state index is 5.79. The number of benzene rings is 2. The second-order valence-electron chi connectivity index (χ2n) is 4.03. The van der Waals surface area contributed by atoms with Crippen LogP contribution in [0.25, 0.3) is 0 Å². The van der Waals surface area contributed by atoms with E-state index in [4.69, 9.17) is 9.47 Å². The quantitative estimate of drug-likeness (QED) is 0.836. The molecule has 0 N–H and O–H groups in total. The molecule has 0 spiro atoms. The number of methoxy groups -OCH3 is 1. The lowest BCUT2D eigenvalue weighted by Crippen LogP contribution is -1.99. The van der Waals surface area contributed by atoms with Crippen LogP contribution in [0.2, 0.25) is 0 Å². The van der Waals surface area contributed by atoms with Crippen LogP contribution < -0.4 is 9.47 Å². The molecule has 0 aromatic heterocycles. The predicted molar refractivity (Wildman–Crippen MR) is 76.2 cm³/mol. The Morgan fingerprint density at radius 3 is 2.56 bits per heavy atom. The molecular formula is C15H15BrO2. The number of halogens is 1. The van der Waals surface area contributed by atoms with Crippen molar-refractivity contribution in [1.82, 2.24) is 0 Å². The molecule has 0 bridgehead atoms. The molecule has 0 aliphatic heterocycles. The van der Waals surface area contributed by atoms with Crippen molar-refractivity contribution in [2.45, 2.75) is 13.5 Å². The molecule has 2 nitrogen and oxygen atoms in total. The first-order valence-corrected chi connectivity index (χ1v) is 6.51. The highest BCUT2D eigenvalue weighted by molar-refractivity contribution is 9.10. The fourth-order valence-corrected chi connectivity index (χ4v) is 2.31. The number of ether oxygens (including phenoxy) is 2. The van der Waals surface area contributed by atoms with E-state index in [1.807, 2.05) is 42.5 Å². The molecule has 0 atom stereocenters. The van der Waals surface area contributed by atoms with E-state index in [1.165, 1.54) is 5.56 Å². The third kappa shape index (κ3) is 3.05. The van der Waals surface area contributed by atoms with Gasteiger partial charge in [0.2, 0.25) is 0 Å². The van der Waals surface area contributed by atoms with Crippen LogP contribution >= 0.6 is 15.9 Å². The van der Waals surface area contributed by atoms with E-state index < -0.39 is 0 Å². The molecular weight excluding hydrogens is 292 g/mol. The van der Waals surface area contributed by atoms with Crippen LogP contribution in [0.1, 0.15) is 11.1 Å². The van der Waals surface area contributed by atoms with Gasteiger partial charge in [-0.05, 0) is 46.6 Å². The van der Waals surface area contributed by atoms with Gasteiger partial charge >= 0.3 is 0 Å². The summed E-state index contributed by atoms with van der Waals surface area (Å²) in [5, 5.41) is 0. The summed E-state index contributed by atoms with van der Waals surface area (Å²) in [4.78, 5) is 0. The zero-order valence-electron chi connectivity index (χ0n) is 10.4. The SMILES string of the molecule is COc1ccccc1COc1ccc(C)cc1Br.